The molecule has 1 aromatic heterocycles. The van der Waals surface area contributed by atoms with Crippen LogP contribution < -0.4 is 10.1 Å². The van der Waals surface area contributed by atoms with Crippen molar-refractivity contribution >= 4 is 40.0 Å². The molecule has 0 aliphatic carbocycles. The standard InChI is InChI=1S/C32H27ClFN3O3/c1-32(2,3)40-31(38)23-8-5-7-21(15-23)22-10-12-28-26(16-22)30(36-19-35-28)37-25-11-13-29(27(33)17-25)39-18-20-6-4-9-24(34)14-20/h4-17,19H,18H2,1-3H3,(H,35,36,37). The Morgan fingerprint density at radius 3 is 2.50 bits per heavy atom. The lowest BCUT2D eigenvalue weighted by atomic mass is 10.0. The molecule has 5 rings (SSSR count). The van der Waals surface area contributed by atoms with E-state index in [0.717, 1.165) is 22.0 Å². The van der Waals surface area contributed by atoms with Gasteiger partial charge in [-0.3, -0.25) is 0 Å². The van der Waals surface area contributed by atoms with E-state index < -0.39 is 5.60 Å². The molecule has 202 valence electrons. The quantitative estimate of drug-likeness (QED) is 0.203. The normalized spacial score (nSPS) is 11.3. The van der Waals surface area contributed by atoms with Crippen LogP contribution in [0, 0.1) is 5.82 Å². The number of hydrogen-bond acceptors (Lipinski definition) is 6. The van der Waals surface area contributed by atoms with Crippen LogP contribution in [0.4, 0.5) is 15.9 Å². The number of aromatic nitrogens is 2. The van der Waals surface area contributed by atoms with Gasteiger partial charge in [-0.1, -0.05) is 41.9 Å². The summed E-state index contributed by atoms with van der Waals surface area (Å²) in [6.45, 7) is 5.72. The molecule has 0 atom stereocenters. The molecule has 0 saturated carbocycles. The summed E-state index contributed by atoms with van der Waals surface area (Å²) in [4.78, 5) is 21.5. The summed E-state index contributed by atoms with van der Waals surface area (Å²) >= 11 is 6.49. The number of nitrogens with one attached hydrogen (secondary N) is 1. The summed E-state index contributed by atoms with van der Waals surface area (Å²) in [5, 5.41) is 4.51. The van der Waals surface area contributed by atoms with Gasteiger partial charge in [0, 0.05) is 11.1 Å². The molecule has 0 saturated heterocycles. The van der Waals surface area contributed by atoms with Gasteiger partial charge in [-0.25, -0.2) is 19.2 Å². The maximum Gasteiger partial charge on any atom is 0.338 e. The van der Waals surface area contributed by atoms with E-state index in [-0.39, 0.29) is 18.4 Å². The van der Waals surface area contributed by atoms with Gasteiger partial charge in [0.05, 0.1) is 16.1 Å². The van der Waals surface area contributed by atoms with E-state index in [9.17, 15) is 9.18 Å². The second-order valence-corrected chi connectivity index (χ2v) is 10.6. The molecule has 0 radical (unpaired) electrons. The minimum atomic E-state index is -0.581. The zero-order valence-corrected chi connectivity index (χ0v) is 23.0. The summed E-state index contributed by atoms with van der Waals surface area (Å²) in [7, 11) is 0. The number of halogens is 2. The van der Waals surface area contributed by atoms with Crippen LogP contribution >= 0.6 is 11.6 Å². The molecule has 0 fully saturated rings. The lowest BCUT2D eigenvalue weighted by molar-refractivity contribution is 0.00695. The van der Waals surface area contributed by atoms with Crippen LogP contribution in [0.5, 0.6) is 5.75 Å². The van der Waals surface area contributed by atoms with Crippen LogP contribution in [-0.2, 0) is 11.3 Å². The topological polar surface area (TPSA) is 73.3 Å². The maximum atomic E-state index is 13.4. The van der Waals surface area contributed by atoms with Crippen molar-refractivity contribution in [1.82, 2.24) is 9.97 Å². The highest BCUT2D eigenvalue weighted by Gasteiger charge is 2.18. The average Bonchev–Trinajstić information content (AvgIpc) is 2.92. The number of fused-ring (bicyclic) bond motifs is 1. The van der Waals surface area contributed by atoms with E-state index in [1.807, 2.05) is 63.2 Å². The van der Waals surface area contributed by atoms with Crippen molar-refractivity contribution in [2.24, 2.45) is 0 Å². The first-order valence-electron chi connectivity index (χ1n) is 12.7. The summed E-state index contributed by atoms with van der Waals surface area (Å²) < 4.78 is 24.8. The Morgan fingerprint density at radius 2 is 1.73 bits per heavy atom. The van der Waals surface area contributed by atoms with Gasteiger partial charge in [-0.15, -0.1) is 0 Å². The monoisotopic (exact) mass is 555 g/mol. The van der Waals surface area contributed by atoms with Crippen LogP contribution in [0.2, 0.25) is 5.02 Å². The smallest absolute Gasteiger partial charge is 0.338 e. The number of rotatable bonds is 7. The number of carbonyl (C=O) groups is 1. The van der Waals surface area contributed by atoms with Crippen molar-refractivity contribution in [3.63, 3.8) is 0 Å². The van der Waals surface area contributed by atoms with Crippen LogP contribution in [0.15, 0.2) is 91.3 Å². The molecular formula is C32H27ClFN3O3. The molecule has 5 aromatic rings. The molecule has 40 heavy (non-hydrogen) atoms. The Labute approximate surface area is 236 Å². The molecule has 0 amide bonds. The van der Waals surface area contributed by atoms with Crippen molar-refractivity contribution in [2.45, 2.75) is 33.0 Å². The van der Waals surface area contributed by atoms with Crippen molar-refractivity contribution in [3.05, 3.63) is 113 Å². The first-order valence-corrected chi connectivity index (χ1v) is 13.0. The summed E-state index contributed by atoms with van der Waals surface area (Å²) in [6, 6.07) is 24.7. The van der Waals surface area contributed by atoms with Crippen LogP contribution in [0.1, 0.15) is 36.7 Å². The minimum Gasteiger partial charge on any atom is -0.487 e. The third-order valence-corrected chi connectivity index (χ3v) is 6.24. The Hall–Kier alpha value is -4.49. The van der Waals surface area contributed by atoms with Crippen LogP contribution in [0.3, 0.4) is 0 Å². The first-order chi connectivity index (χ1) is 19.1. The second kappa shape index (κ2) is 11.3. The van der Waals surface area contributed by atoms with Gasteiger partial charge in [0.25, 0.3) is 0 Å². The van der Waals surface area contributed by atoms with Gasteiger partial charge in [-0.05, 0) is 92.1 Å². The highest BCUT2D eigenvalue weighted by molar-refractivity contribution is 6.32. The number of nitrogens with zero attached hydrogens (tertiary/aromatic N) is 2. The lowest BCUT2D eigenvalue weighted by Crippen LogP contribution is -2.23. The van der Waals surface area contributed by atoms with Crippen LogP contribution in [-0.4, -0.2) is 21.5 Å². The van der Waals surface area contributed by atoms with Gasteiger partial charge < -0.3 is 14.8 Å². The van der Waals surface area contributed by atoms with E-state index in [0.29, 0.717) is 33.4 Å². The third kappa shape index (κ3) is 6.55. The molecule has 0 aliphatic heterocycles. The largest absolute Gasteiger partial charge is 0.487 e. The molecule has 8 heteroatoms. The lowest BCUT2D eigenvalue weighted by Gasteiger charge is -2.19. The van der Waals surface area contributed by atoms with E-state index in [2.05, 4.69) is 15.3 Å². The first kappa shape index (κ1) is 27.1. The fourth-order valence-electron chi connectivity index (χ4n) is 4.12. The number of benzene rings is 4. The fraction of sp³-hybridized carbons (Fsp3) is 0.156. The van der Waals surface area contributed by atoms with E-state index in [4.69, 9.17) is 21.1 Å². The second-order valence-electron chi connectivity index (χ2n) is 10.2. The van der Waals surface area contributed by atoms with Gasteiger partial charge in [0.1, 0.15) is 35.9 Å². The molecule has 0 unspecified atom stereocenters. The zero-order valence-electron chi connectivity index (χ0n) is 22.2. The Kier molecular flexibility index (Phi) is 7.67. The fourth-order valence-corrected chi connectivity index (χ4v) is 4.35. The highest BCUT2D eigenvalue weighted by Crippen LogP contribution is 2.32. The van der Waals surface area contributed by atoms with Gasteiger partial charge in [0.15, 0.2) is 0 Å². The van der Waals surface area contributed by atoms with E-state index >= 15 is 0 Å². The zero-order chi connectivity index (χ0) is 28.3. The molecule has 1 N–H and O–H groups in total. The molecule has 4 aromatic carbocycles. The Bertz CT molecular complexity index is 1700. The molecule has 0 spiro atoms. The van der Waals surface area contributed by atoms with Crippen molar-refractivity contribution < 1.29 is 18.7 Å². The number of esters is 1. The SMILES string of the molecule is CC(C)(C)OC(=O)c1cccc(-c2ccc3ncnc(Nc4ccc(OCc5cccc(F)c5)c(Cl)c4)c3c2)c1. The van der Waals surface area contributed by atoms with Crippen molar-refractivity contribution in [2.75, 3.05) is 5.32 Å². The molecule has 1 heterocycles. The summed E-state index contributed by atoms with van der Waals surface area (Å²) in [5.74, 6) is 0.389. The highest BCUT2D eigenvalue weighted by atomic mass is 35.5. The third-order valence-electron chi connectivity index (χ3n) is 5.94. The molecular weight excluding hydrogens is 529 g/mol. The molecule has 0 aliphatic rings. The number of carbonyl (C=O) groups excluding carboxylic acids is 1. The number of hydrogen-bond donors (Lipinski definition) is 1. The van der Waals surface area contributed by atoms with Crippen molar-refractivity contribution in [1.29, 1.82) is 0 Å². The van der Waals surface area contributed by atoms with E-state index in [1.165, 1.54) is 18.5 Å². The molecule has 0 bridgehead atoms. The average molecular weight is 556 g/mol. The van der Waals surface area contributed by atoms with Gasteiger partial charge >= 0.3 is 5.97 Å². The maximum absolute atomic E-state index is 13.4. The van der Waals surface area contributed by atoms with Crippen LogP contribution in [0.25, 0.3) is 22.0 Å². The van der Waals surface area contributed by atoms with Gasteiger partial charge in [0.2, 0.25) is 0 Å². The van der Waals surface area contributed by atoms with E-state index in [1.54, 1.807) is 30.3 Å². The number of ether oxygens (including phenoxy) is 2. The van der Waals surface area contributed by atoms with Gasteiger partial charge in [-0.2, -0.15) is 0 Å². The number of anilines is 2. The van der Waals surface area contributed by atoms with Crippen molar-refractivity contribution in [3.8, 4) is 16.9 Å². The predicted octanol–water partition coefficient (Wildman–Crippen LogP) is 8.37. The Balaban J connectivity index is 1.38. The predicted molar refractivity (Wildman–Crippen MR) is 156 cm³/mol. The summed E-state index contributed by atoms with van der Waals surface area (Å²) in [5.41, 5.74) is 3.83. The Morgan fingerprint density at radius 1 is 0.925 bits per heavy atom. The minimum absolute atomic E-state index is 0.193. The summed E-state index contributed by atoms with van der Waals surface area (Å²) in [6.07, 6.45) is 1.49. The molecule has 6 nitrogen and oxygen atoms in total.